The van der Waals surface area contributed by atoms with Crippen molar-refractivity contribution in [3.63, 3.8) is 0 Å². The van der Waals surface area contributed by atoms with Crippen molar-refractivity contribution in [3.8, 4) is 0 Å². The van der Waals surface area contributed by atoms with E-state index in [2.05, 4.69) is 21.2 Å². The molecule has 1 atom stereocenters. The number of anilines is 1. The molecule has 110 valence electrons. The predicted molar refractivity (Wildman–Crippen MR) is 74.5 cm³/mol. The highest BCUT2D eigenvalue weighted by Crippen LogP contribution is 2.25. The van der Waals surface area contributed by atoms with Crippen molar-refractivity contribution in [3.05, 3.63) is 63.9 Å². The fourth-order valence-corrected chi connectivity index (χ4v) is 2.01. The number of halogens is 4. The Hall–Kier alpha value is -2.02. The summed E-state index contributed by atoms with van der Waals surface area (Å²) in [6.45, 7) is 0. The molecule has 0 aliphatic rings. The molecule has 0 saturated heterocycles. The number of hydrogen-bond donors (Lipinski definition) is 2. The standard InChI is InChI=1S/C14H9BrF3NO2/c15-7-1-3-8(4-2-7)19-13(14(20)21)9-5-11(17)12(18)6-10(9)16/h1-6,13,19H,(H,20,21). The number of carboxylic acid groups (broad SMARTS) is 1. The molecule has 0 saturated carbocycles. The van der Waals surface area contributed by atoms with Crippen LogP contribution in [0.4, 0.5) is 18.9 Å². The van der Waals surface area contributed by atoms with E-state index >= 15 is 0 Å². The monoisotopic (exact) mass is 359 g/mol. The lowest BCUT2D eigenvalue weighted by Crippen LogP contribution is -2.22. The van der Waals surface area contributed by atoms with Crippen LogP contribution in [0, 0.1) is 17.5 Å². The molecule has 0 amide bonds. The third-order valence-electron chi connectivity index (χ3n) is 2.75. The summed E-state index contributed by atoms with van der Waals surface area (Å²) in [5.74, 6) is -5.23. The molecule has 21 heavy (non-hydrogen) atoms. The minimum absolute atomic E-state index is 0.323. The molecule has 0 bridgehead atoms. The van der Waals surface area contributed by atoms with E-state index in [9.17, 15) is 23.1 Å². The molecule has 7 heteroatoms. The molecule has 3 nitrogen and oxygen atoms in total. The minimum atomic E-state index is -1.54. The number of hydrogen-bond acceptors (Lipinski definition) is 2. The Morgan fingerprint density at radius 1 is 1.05 bits per heavy atom. The lowest BCUT2D eigenvalue weighted by Gasteiger charge is -2.17. The molecule has 2 rings (SSSR count). The third-order valence-corrected chi connectivity index (χ3v) is 3.28. The van der Waals surface area contributed by atoms with Crippen LogP contribution in [0.15, 0.2) is 40.9 Å². The van der Waals surface area contributed by atoms with Crippen molar-refractivity contribution < 1.29 is 23.1 Å². The summed E-state index contributed by atoms with van der Waals surface area (Å²) in [6, 6.07) is 5.77. The van der Waals surface area contributed by atoms with E-state index in [-0.39, 0.29) is 0 Å². The second-order valence-corrected chi connectivity index (χ2v) is 5.13. The maximum Gasteiger partial charge on any atom is 0.330 e. The van der Waals surface area contributed by atoms with Crippen molar-refractivity contribution in [2.75, 3.05) is 5.32 Å². The Kier molecular flexibility index (Phi) is 4.52. The van der Waals surface area contributed by atoms with Crippen molar-refractivity contribution in [1.82, 2.24) is 0 Å². The van der Waals surface area contributed by atoms with Gasteiger partial charge in [-0.2, -0.15) is 0 Å². The second-order valence-electron chi connectivity index (χ2n) is 4.21. The van der Waals surface area contributed by atoms with Gasteiger partial charge < -0.3 is 10.4 Å². The van der Waals surface area contributed by atoms with Gasteiger partial charge in [-0.3, -0.25) is 0 Å². The van der Waals surface area contributed by atoms with Gasteiger partial charge in [0.15, 0.2) is 17.7 Å². The van der Waals surface area contributed by atoms with Gasteiger partial charge in [0.25, 0.3) is 0 Å². The largest absolute Gasteiger partial charge is 0.479 e. The van der Waals surface area contributed by atoms with E-state index in [1.807, 2.05) is 0 Å². The number of carbonyl (C=O) groups is 1. The predicted octanol–water partition coefficient (Wildman–Crippen LogP) is 4.10. The Labute approximate surface area is 126 Å². The Morgan fingerprint density at radius 3 is 2.19 bits per heavy atom. The van der Waals surface area contributed by atoms with Crippen LogP contribution in [0.5, 0.6) is 0 Å². The molecule has 0 aromatic heterocycles. The molecule has 1 unspecified atom stereocenters. The van der Waals surface area contributed by atoms with Crippen molar-refractivity contribution >= 4 is 27.6 Å². The number of carboxylic acids is 1. The summed E-state index contributed by atoms with van der Waals surface area (Å²) < 4.78 is 40.6. The zero-order valence-electron chi connectivity index (χ0n) is 10.4. The zero-order chi connectivity index (χ0) is 15.6. The number of rotatable bonds is 4. The molecular formula is C14H9BrF3NO2. The number of benzene rings is 2. The zero-order valence-corrected chi connectivity index (χ0v) is 12.0. The first-order chi connectivity index (χ1) is 9.88. The van der Waals surface area contributed by atoms with E-state index < -0.39 is 35.0 Å². The summed E-state index contributed by atoms with van der Waals surface area (Å²) in [7, 11) is 0. The van der Waals surface area contributed by atoms with Crippen molar-refractivity contribution in [2.24, 2.45) is 0 Å². The van der Waals surface area contributed by atoms with Crippen LogP contribution >= 0.6 is 15.9 Å². The molecule has 0 fully saturated rings. The minimum Gasteiger partial charge on any atom is -0.479 e. The first kappa shape index (κ1) is 15.4. The van der Waals surface area contributed by atoms with Gasteiger partial charge in [0.2, 0.25) is 0 Å². The van der Waals surface area contributed by atoms with Crippen molar-refractivity contribution in [1.29, 1.82) is 0 Å². The molecule has 2 aromatic rings. The van der Waals surface area contributed by atoms with Crippen LogP contribution in [0.1, 0.15) is 11.6 Å². The van der Waals surface area contributed by atoms with Crippen LogP contribution in [0.3, 0.4) is 0 Å². The van der Waals surface area contributed by atoms with Gasteiger partial charge >= 0.3 is 5.97 Å². The van der Waals surface area contributed by atoms with Gasteiger partial charge in [0, 0.05) is 21.8 Å². The van der Waals surface area contributed by atoms with E-state index in [4.69, 9.17) is 0 Å². The van der Waals surface area contributed by atoms with Gasteiger partial charge in [-0.1, -0.05) is 15.9 Å². The van der Waals surface area contributed by atoms with Gasteiger partial charge in [-0.15, -0.1) is 0 Å². The molecule has 0 heterocycles. The Balaban J connectivity index is 2.38. The van der Waals surface area contributed by atoms with Crippen LogP contribution in [0.2, 0.25) is 0 Å². The average molecular weight is 360 g/mol. The summed E-state index contributed by atoms with van der Waals surface area (Å²) in [5, 5.41) is 11.7. The van der Waals surface area contributed by atoms with Crippen molar-refractivity contribution in [2.45, 2.75) is 6.04 Å². The SMILES string of the molecule is O=C(O)C(Nc1ccc(Br)cc1)c1cc(F)c(F)cc1F. The highest BCUT2D eigenvalue weighted by molar-refractivity contribution is 9.10. The average Bonchev–Trinajstić information content (AvgIpc) is 2.42. The maximum absolute atomic E-state index is 13.7. The van der Waals surface area contributed by atoms with E-state index in [0.29, 0.717) is 17.8 Å². The molecule has 2 N–H and O–H groups in total. The van der Waals surface area contributed by atoms with Crippen LogP contribution in [-0.2, 0) is 4.79 Å². The number of nitrogens with one attached hydrogen (secondary N) is 1. The highest BCUT2D eigenvalue weighted by atomic mass is 79.9. The first-order valence-electron chi connectivity index (χ1n) is 5.78. The smallest absolute Gasteiger partial charge is 0.330 e. The summed E-state index contributed by atoms with van der Waals surface area (Å²) in [4.78, 5) is 11.3. The van der Waals surface area contributed by atoms with Crippen LogP contribution in [0.25, 0.3) is 0 Å². The van der Waals surface area contributed by atoms with Crippen LogP contribution < -0.4 is 5.32 Å². The molecule has 0 aliphatic heterocycles. The topological polar surface area (TPSA) is 49.3 Å². The Morgan fingerprint density at radius 2 is 1.62 bits per heavy atom. The van der Waals surface area contributed by atoms with Gasteiger partial charge in [-0.25, -0.2) is 18.0 Å². The fraction of sp³-hybridized carbons (Fsp3) is 0.0714. The van der Waals surface area contributed by atoms with Crippen LogP contribution in [-0.4, -0.2) is 11.1 Å². The third kappa shape index (κ3) is 3.55. The van der Waals surface area contributed by atoms with Gasteiger partial charge in [-0.05, 0) is 30.3 Å². The van der Waals surface area contributed by atoms with Gasteiger partial charge in [0.05, 0.1) is 0 Å². The lowest BCUT2D eigenvalue weighted by molar-refractivity contribution is -0.138. The number of aliphatic carboxylic acids is 1. The summed E-state index contributed by atoms with van der Waals surface area (Å²) >= 11 is 3.22. The molecular weight excluding hydrogens is 351 g/mol. The molecule has 2 aromatic carbocycles. The van der Waals surface area contributed by atoms with E-state index in [1.165, 1.54) is 0 Å². The molecule has 0 spiro atoms. The quantitative estimate of drug-likeness (QED) is 0.807. The van der Waals surface area contributed by atoms with E-state index in [0.717, 1.165) is 4.47 Å². The summed E-state index contributed by atoms with van der Waals surface area (Å²) in [5.41, 5.74) is -0.0842. The van der Waals surface area contributed by atoms with Gasteiger partial charge in [0.1, 0.15) is 5.82 Å². The molecule has 0 aliphatic carbocycles. The first-order valence-corrected chi connectivity index (χ1v) is 6.57. The Bertz CT molecular complexity index is 677. The van der Waals surface area contributed by atoms with E-state index in [1.54, 1.807) is 24.3 Å². The fourth-order valence-electron chi connectivity index (χ4n) is 1.74. The highest BCUT2D eigenvalue weighted by Gasteiger charge is 2.25. The maximum atomic E-state index is 13.7. The lowest BCUT2D eigenvalue weighted by atomic mass is 10.1. The molecule has 0 radical (unpaired) electrons. The summed E-state index contributed by atoms with van der Waals surface area (Å²) in [6.07, 6.45) is 0. The second kappa shape index (κ2) is 6.17. The normalized spacial score (nSPS) is 12.0.